The SMILES string of the molecule is CC(C)CC(CCl)(CCl)CCc1cccs1. The number of aryl methyl sites for hydroxylation is 1. The van der Waals surface area contributed by atoms with Crippen molar-refractivity contribution in [3.8, 4) is 0 Å². The third-order valence-corrected chi connectivity index (χ3v) is 4.96. The average Bonchev–Trinajstić information content (AvgIpc) is 2.77. The van der Waals surface area contributed by atoms with Crippen LogP contribution in [0.5, 0.6) is 0 Å². The lowest BCUT2D eigenvalue weighted by Gasteiger charge is -2.31. The van der Waals surface area contributed by atoms with E-state index in [4.69, 9.17) is 23.2 Å². The summed E-state index contributed by atoms with van der Waals surface area (Å²) in [4.78, 5) is 1.43. The monoisotopic (exact) mass is 278 g/mol. The number of thiophene rings is 1. The molecule has 0 bridgehead atoms. The van der Waals surface area contributed by atoms with E-state index in [-0.39, 0.29) is 5.41 Å². The predicted molar refractivity (Wildman–Crippen MR) is 76.0 cm³/mol. The van der Waals surface area contributed by atoms with Crippen LogP contribution >= 0.6 is 34.5 Å². The van der Waals surface area contributed by atoms with Crippen molar-refractivity contribution in [2.75, 3.05) is 11.8 Å². The van der Waals surface area contributed by atoms with E-state index in [1.54, 1.807) is 0 Å². The van der Waals surface area contributed by atoms with E-state index in [0.29, 0.717) is 17.7 Å². The second-order valence-electron chi connectivity index (χ2n) is 4.94. The third-order valence-electron chi connectivity index (χ3n) is 2.89. The van der Waals surface area contributed by atoms with Gasteiger partial charge < -0.3 is 0 Å². The van der Waals surface area contributed by atoms with E-state index in [2.05, 4.69) is 31.4 Å². The maximum Gasteiger partial charge on any atom is 0.0291 e. The molecule has 16 heavy (non-hydrogen) atoms. The summed E-state index contributed by atoms with van der Waals surface area (Å²) < 4.78 is 0. The van der Waals surface area contributed by atoms with Crippen molar-refractivity contribution in [2.24, 2.45) is 11.3 Å². The second-order valence-corrected chi connectivity index (χ2v) is 6.51. The molecule has 0 aliphatic rings. The number of halogens is 2. The van der Waals surface area contributed by atoms with Crippen molar-refractivity contribution in [1.29, 1.82) is 0 Å². The van der Waals surface area contributed by atoms with Gasteiger partial charge in [-0.3, -0.25) is 0 Å². The van der Waals surface area contributed by atoms with Crippen LogP contribution in [0.3, 0.4) is 0 Å². The molecule has 0 saturated carbocycles. The Balaban J connectivity index is 2.56. The third kappa shape index (κ3) is 4.27. The summed E-state index contributed by atoms with van der Waals surface area (Å²) in [6.07, 6.45) is 3.31. The van der Waals surface area contributed by atoms with Crippen LogP contribution in [0.2, 0.25) is 0 Å². The Bertz CT molecular complexity index is 276. The fourth-order valence-corrected chi connectivity index (χ4v) is 3.57. The lowest BCUT2D eigenvalue weighted by Crippen LogP contribution is -2.28. The fourth-order valence-electron chi connectivity index (χ4n) is 2.09. The quantitative estimate of drug-likeness (QED) is 0.602. The molecule has 0 spiro atoms. The van der Waals surface area contributed by atoms with Gasteiger partial charge >= 0.3 is 0 Å². The number of rotatable bonds is 7. The fraction of sp³-hybridized carbons (Fsp3) is 0.692. The van der Waals surface area contributed by atoms with Crippen molar-refractivity contribution in [3.63, 3.8) is 0 Å². The van der Waals surface area contributed by atoms with E-state index < -0.39 is 0 Å². The first-order chi connectivity index (χ1) is 7.62. The van der Waals surface area contributed by atoms with Crippen molar-refractivity contribution < 1.29 is 0 Å². The predicted octanol–water partition coefficient (Wildman–Crippen LogP) is 5.19. The van der Waals surface area contributed by atoms with Crippen LogP contribution in [0.4, 0.5) is 0 Å². The van der Waals surface area contributed by atoms with E-state index in [0.717, 1.165) is 19.3 Å². The van der Waals surface area contributed by atoms with Gasteiger partial charge in [-0.15, -0.1) is 34.5 Å². The Labute approximate surface area is 113 Å². The first kappa shape index (κ1) is 14.3. The molecule has 0 amide bonds. The summed E-state index contributed by atoms with van der Waals surface area (Å²) in [6, 6.07) is 4.29. The van der Waals surface area contributed by atoms with Gasteiger partial charge in [0.25, 0.3) is 0 Å². The van der Waals surface area contributed by atoms with E-state index in [1.165, 1.54) is 4.88 Å². The van der Waals surface area contributed by atoms with Crippen molar-refractivity contribution in [1.82, 2.24) is 0 Å². The molecule has 1 aromatic heterocycles. The number of hydrogen-bond donors (Lipinski definition) is 0. The highest BCUT2D eigenvalue weighted by atomic mass is 35.5. The van der Waals surface area contributed by atoms with Gasteiger partial charge in [0.1, 0.15) is 0 Å². The molecule has 0 saturated heterocycles. The Kier molecular flexibility index (Phi) is 6.17. The molecule has 1 rings (SSSR count). The highest BCUT2D eigenvalue weighted by molar-refractivity contribution is 7.09. The molecule has 0 nitrogen and oxygen atoms in total. The van der Waals surface area contributed by atoms with Crippen LogP contribution in [0.25, 0.3) is 0 Å². The summed E-state index contributed by atoms with van der Waals surface area (Å²) in [7, 11) is 0. The lowest BCUT2D eigenvalue weighted by molar-refractivity contribution is 0.276. The minimum Gasteiger partial charge on any atom is -0.149 e. The molecule has 0 fully saturated rings. The van der Waals surface area contributed by atoms with E-state index in [9.17, 15) is 0 Å². The second kappa shape index (κ2) is 6.88. The molecule has 0 aliphatic carbocycles. The van der Waals surface area contributed by atoms with Crippen molar-refractivity contribution in [2.45, 2.75) is 33.1 Å². The van der Waals surface area contributed by atoms with Gasteiger partial charge in [0.05, 0.1) is 0 Å². The topological polar surface area (TPSA) is 0 Å². The zero-order valence-electron chi connectivity index (χ0n) is 10.0. The van der Waals surface area contributed by atoms with Gasteiger partial charge in [-0.05, 0) is 42.0 Å². The summed E-state index contributed by atoms with van der Waals surface area (Å²) >= 11 is 14.1. The normalized spacial score (nSPS) is 12.3. The molecule has 1 heterocycles. The van der Waals surface area contributed by atoms with Gasteiger partial charge in [-0.25, -0.2) is 0 Å². The lowest BCUT2D eigenvalue weighted by atomic mass is 9.79. The Morgan fingerprint density at radius 3 is 2.44 bits per heavy atom. The minimum atomic E-state index is 0.112. The Morgan fingerprint density at radius 1 is 1.31 bits per heavy atom. The molecular formula is C13H20Cl2S. The largest absolute Gasteiger partial charge is 0.149 e. The molecule has 0 radical (unpaired) electrons. The number of alkyl halides is 2. The molecule has 0 unspecified atom stereocenters. The Morgan fingerprint density at radius 2 is 2.00 bits per heavy atom. The first-order valence-corrected chi connectivity index (χ1v) is 7.71. The van der Waals surface area contributed by atoms with E-state index in [1.807, 2.05) is 11.3 Å². The van der Waals surface area contributed by atoms with Crippen LogP contribution < -0.4 is 0 Å². The van der Waals surface area contributed by atoms with Gasteiger partial charge in [-0.2, -0.15) is 0 Å². The Hall–Kier alpha value is 0.280. The van der Waals surface area contributed by atoms with Gasteiger partial charge in [0.15, 0.2) is 0 Å². The van der Waals surface area contributed by atoms with Crippen LogP contribution in [0, 0.1) is 11.3 Å². The first-order valence-electron chi connectivity index (χ1n) is 5.76. The van der Waals surface area contributed by atoms with Crippen LogP contribution in [-0.4, -0.2) is 11.8 Å². The maximum atomic E-state index is 6.13. The maximum absolute atomic E-state index is 6.13. The average molecular weight is 279 g/mol. The molecule has 0 N–H and O–H groups in total. The number of hydrogen-bond acceptors (Lipinski definition) is 1. The van der Waals surface area contributed by atoms with Gasteiger partial charge in [0.2, 0.25) is 0 Å². The van der Waals surface area contributed by atoms with Gasteiger partial charge in [-0.1, -0.05) is 19.9 Å². The zero-order chi connectivity index (χ0) is 12.0. The molecule has 92 valence electrons. The molecule has 3 heteroatoms. The minimum absolute atomic E-state index is 0.112. The molecule has 0 aliphatic heterocycles. The van der Waals surface area contributed by atoms with Crippen LogP contribution in [0.15, 0.2) is 17.5 Å². The summed E-state index contributed by atoms with van der Waals surface area (Å²) in [6.45, 7) is 4.47. The summed E-state index contributed by atoms with van der Waals surface area (Å²) in [5.41, 5.74) is 0.112. The molecule has 0 atom stereocenters. The zero-order valence-corrected chi connectivity index (χ0v) is 12.3. The van der Waals surface area contributed by atoms with Crippen molar-refractivity contribution in [3.05, 3.63) is 22.4 Å². The van der Waals surface area contributed by atoms with Crippen LogP contribution in [-0.2, 0) is 6.42 Å². The molecular weight excluding hydrogens is 259 g/mol. The highest BCUT2D eigenvalue weighted by Crippen LogP contribution is 2.35. The molecule has 0 aromatic carbocycles. The summed E-state index contributed by atoms with van der Waals surface area (Å²) in [5.74, 6) is 1.99. The summed E-state index contributed by atoms with van der Waals surface area (Å²) in [5, 5.41) is 2.13. The van der Waals surface area contributed by atoms with E-state index >= 15 is 0 Å². The standard InChI is InChI=1S/C13H20Cl2S/c1-11(2)8-13(9-14,10-15)6-5-12-4-3-7-16-12/h3-4,7,11H,5-6,8-10H2,1-2H3. The van der Waals surface area contributed by atoms with Crippen LogP contribution in [0.1, 0.15) is 31.6 Å². The smallest absolute Gasteiger partial charge is 0.0291 e. The molecule has 1 aromatic rings. The van der Waals surface area contributed by atoms with Crippen molar-refractivity contribution >= 4 is 34.5 Å². The highest BCUT2D eigenvalue weighted by Gasteiger charge is 2.29. The van der Waals surface area contributed by atoms with Gasteiger partial charge in [0, 0.05) is 16.6 Å².